The fourth-order valence-electron chi connectivity index (χ4n) is 1.69. The molecule has 2 rings (SSSR count). The Bertz CT molecular complexity index is 473. The van der Waals surface area contributed by atoms with Crippen molar-refractivity contribution in [3.63, 3.8) is 0 Å². The van der Waals surface area contributed by atoms with Gasteiger partial charge in [0.05, 0.1) is 5.69 Å². The molecule has 17 heavy (non-hydrogen) atoms. The van der Waals surface area contributed by atoms with Crippen LogP contribution in [0.2, 0.25) is 0 Å². The van der Waals surface area contributed by atoms with Crippen molar-refractivity contribution < 1.29 is 5.11 Å². The van der Waals surface area contributed by atoms with Crippen LogP contribution in [0.15, 0.2) is 53.6 Å². The number of thioether (sulfide) groups is 1. The number of aromatic nitrogens is 1. The zero-order valence-corrected chi connectivity index (χ0v) is 10.5. The van der Waals surface area contributed by atoms with E-state index in [0.717, 1.165) is 16.2 Å². The first-order valence-corrected chi connectivity index (χ1v) is 6.62. The minimum Gasteiger partial charge on any atom is -0.382 e. The Morgan fingerprint density at radius 3 is 2.65 bits per heavy atom. The first-order valence-electron chi connectivity index (χ1n) is 5.63. The fraction of sp³-hybridized carbons (Fsp3) is 0.214. The summed E-state index contributed by atoms with van der Waals surface area (Å²) in [6.07, 6.45) is 1.06. The SMILES string of the molecule is CCSc1ccccc1C(O)c1ccccn1. The van der Waals surface area contributed by atoms with E-state index in [4.69, 9.17) is 0 Å². The number of nitrogens with zero attached hydrogens (tertiary/aromatic N) is 1. The first kappa shape index (κ1) is 12.1. The van der Waals surface area contributed by atoms with Crippen LogP contribution in [-0.2, 0) is 0 Å². The van der Waals surface area contributed by atoms with Gasteiger partial charge in [-0.15, -0.1) is 11.8 Å². The van der Waals surface area contributed by atoms with E-state index in [2.05, 4.69) is 11.9 Å². The van der Waals surface area contributed by atoms with Crippen LogP contribution in [0.3, 0.4) is 0 Å². The molecule has 88 valence electrons. The second-order valence-corrected chi connectivity index (χ2v) is 4.93. The molecule has 0 aliphatic rings. The van der Waals surface area contributed by atoms with Crippen molar-refractivity contribution in [2.45, 2.75) is 17.9 Å². The lowest BCUT2D eigenvalue weighted by atomic mass is 10.1. The van der Waals surface area contributed by atoms with Gasteiger partial charge >= 0.3 is 0 Å². The van der Waals surface area contributed by atoms with Crippen LogP contribution in [0.5, 0.6) is 0 Å². The molecule has 1 heterocycles. The normalized spacial score (nSPS) is 12.4. The zero-order valence-electron chi connectivity index (χ0n) is 9.71. The van der Waals surface area contributed by atoms with Crippen molar-refractivity contribution in [1.29, 1.82) is 0 Å². The summed E-state index contributed by atoms with van der Waals surface area (Å²) in [6.45, 7) is 2.11. The molecule has 0 bridgehead atoms. The number of hydrogen-bond donors (Lipinski definition) is 1. The van der Waals surface area contributed by atoms with E-state index in [1.165, 1.54) is 0 Å². The third-order valence-electron chi connectivity index (χ3n) is 2.48. The van der Waals surface area contributed by atoms with Crippen LogP contribution in [0.1, 0.15) is 24.3 Å². The van der Waals surface area contributed by atoms with E-state index < -0.39 is 6.10 Å². The van der Waals surface area contributed by atoms with Crippen LogP contribution in [-0.4, -0.2) is 15.8 Å². The summed E-state index contributed by atoms with van der Waals surface area (Å²) >= 11 is 1.74. The van der Waals surface area contributed by atoms with Crippen LogP contribution in [0.4, 0.5) is 0 Å². The van der Waals surface area contributed by atoms with E-state index in [-0.39, 0.29) is 0 Å². The van der Waals surface area contributed by atoms with Gasteiger partial charge in [-0.05, 0) is 24.0 Å². The molecule has 1 N–H and O–H groups in total. The van der Waals surface area contributed by atoms with E-state index >= 15 is 0 Å². The highest BCUT2D eigenvalue weighted by molar-refractivity contribution is 7.99. The van der Waals surface area contributed by atoms with Crippen molar-refractivity contribution in [2.24, 2.45) is 0 Å². The summed E-state index contributed by atoms with van der Waals surface area (Å²) in [5.41, 5.74) is 1.62. The minimum atomic E-state index is -0.647. The number of pyridine rings is 1. The molecule has 0 aliphatic heterocycles. The van der Waals surface area contributed by atoms with Crippen LogP contribution < -0.4 is 0 Å². The van der Waals surface area contributed by atoms with Crippen LogP contribution >= 0.6 is 11.8 Å². The third kappa shape index (κ3) is 2.87. The van der Waals surface area contributed by atoms with Gasteiger partial charge in [-0.3, -0.25) is 4.98 Å². The largest absolute Gasteiger partial charge is 0.382 e. The fourth-order valence-corrected chi connectivity index (χ4v) is 2.52. The molecule has 1 unspecified atom stereocenters. The van der Waals surface area contributed by atoms with Gasteiger partial charge in [-0.25, -0.2) is 0 Å². The molecule has 0 radical (unpaired) electrons. The lowest BCUT2D eigenvalue weighted by Crippen LogP contribution is -2.03. The first-order chi connectivity index (χ1) is 8.33. The second kappa shape index (κ2) is 5.84. The average Bonchev–Trinajstić information content (AvgIpc) is 2.40. The molecule has 0 saturated heterocycles. The molecule has 0 aliphatic carbocycles. The van der Waals surface area contributed by atoms with Crippen molar-refractivity contribution in [1.82, 2.24) is 4.98 Å². The number of hydrogen-bond acceptors (Lipinski definition) is 3. The van der Waals surface area contributed by atoms with Crippen molar-refractivity contribution in [3.8, 4) is 0 Å². The molecule has 2 nitrogen and oxygen atoms in total. The van der Waals surface area contributed by atoms with E-state index in [9.17, 15) is 5.11 Å². The Morgan fingerprint density at radius 1 is 1.18 bits per heavy atom. The molecule has 1 aromatic carbocycles. The predicted octanol–water partition coefficient (Wildman–Crippen LogP) is 3.28. The standard InChI is InChI=1S/C14H15NOS/c1-2-17-13-9-4-3-7-11(13)14(16)12-8-5-6-10-15-12/h3-10,14,16H,2H2,1H3. The Hall–Kier alpha value is -1.32. The molecular formula is C14H15NOS. The number of rotatable bonds is 4. The second-order valence-electron chi connectivity index (χ2n) is 3.63. The van der Waals surface area contributed by atoms with Gasteiger partial charge in [0.2, 0.25) is 0 Å². The molecule has 2 aromatic rings. The van der Waals surface area contributed by atoms with Gasteiger partial charge < -0.3 is 5.11 Å². The smallest absolute Gasteiger partial charge is 0.122 e. The van der Waals surface area contributed by atoms with Crippen LogP contribution in [0.25, 0.3) is 0 Å². The minimum absolute atomic E-state index is 0.647. The molecule has 0 amide bonds. The molecule has 0 fully saturated rings. The summed E-state index contributed by atoms with van der Waals surface area (Å²) in [7, 11) is 0. The van der Waals surface area contributed by atoms with Gasteiger partial charge in [0.1, 0.15) is 6.10 Å². The Morgan fingerprint density at radius 2 is 1.94 bits per heavy atom. The van der Waals surface area contributed by atoms with Gasteiger partial charge in [-0.1, -0.05) is 31.2 Å². The van der Waals surface area contributed by atoms with E-state index in [1.54, 1.807) is 18.0 Å². The molecule has 1 atom stereocenters. The Kier molecular flexibility index (Phi) is 4.18. The number of benzene rings is 1. The maximum Gasteiger partial charge on any atom is 0.122 e. The average molecular weight is 245 g/mol. The summed E-state index contributed by atoms with van der Waals surface area (Å²) in [4.78, 5) is 5.32. The maximum absolute atomic E-state index is 10.3. The number of aliphatic hydroxyl groups excluding tert-OH is 1. The maximum atomic E-state index is 10.3. The molecule has 0 spiro atoms. The quantitative estimate of drug-likeness (QED) is 0.839. The monoisotopic (exact) mass is 245 g/mol. The lowest BCUT2D eigenvalue weighted by molar-refractivity contribution is 0.212. The highest BCUT2D eigenvalue weighted by Gasteiger charge is 2.14. The van der Waals surface area contributed by atoms with E-state index in [0.29, 0.717) is 5.69 Å². The Labute approximate surface area is 106 Å². The van der Waals surface area contributed by atoms with Gasteiger partial charge in [0, 0.05) is 16.7 Å². The van der Waals surface area contributed by atoms with Crippen molar-refractivity contribution in [3.05, 3.63) is 59.9 Å². The number of aliphatic hydroxyl groups is 1. The van der Waals surface area contributed by atoms with Crippen molar-refractivity contribution >= 4 is 11.8 Å². The molecule has 1 aromatic heterocycles. The highest BCUT2D eigenvalue weighted by atomic mass is 32.2. The topological polar surface area (TPSA) is 33.1 Å². The Balaban J connectivity index is 2.33. The molecule has 3 heteroatoms. The van der Waals surface area contributed by atoms with Gasteiger partial charge in [0.25, 0.3) is 0 Å². The zero-order chi connectivity index (χ0) is 12.1. The molecule has 0 saturated carbocycles. The summed E-state index contributed by atoms with van der Waals surface area (Å²) in [5, 5.41) is 10.3. The lowest BCUT2D eigenvalue weighted by Gasteiger charge is -2.14. The third-order valence-corrected chi connectivity index (χ3v) is 3.45. The molecular weight excluding hydrogens is 230 g/mol. The van der Waals surface area contributed by atoms with Gasteiger partial charge in [0.15, 0.2) is 0 Å². The predicted molar refractivity (Wildman–Crippen MR) is 71.1 cm³/mol. The van der Waals surface area contributed by atoms with Crippen LogP contribution in [0, 0.1) is 0 Å². The highest BCUT2D eigenvalue weighted by Crippen LogP contribution is 2.30. The summed E-state index contributed by atoms with van der Waals surface area (Å²) < 4.78 is 0. The summed E-state index contributed by atoms with van der Waals surface area (Å²) in [5.74, 6) is 0.992. The summed E-state index contributed by atoms with van der Waals surface area (Å²) in [6, 6.07) is 13.5. The van der Waals surface area contributed by atoms with Gasteiger partial charge in [-0.2, -0.15) is 0 Å². The van der Waals surface area contributed by atoms with E-state index in [1.807, 2.05) is 42.5 Å². The van der Waals surface area contributed by atoms with Crippen molar-refractivity contribution in [2.75, 3.05) is 5.75 Å².